The maximum Gasteiger partial charge on any atom is 0.237 e. The molecule has 2 atom stereocenters. The van der Waals surface area contributed by atoms with Crippen LogP contribution in [0.15, 0.2) is 0 Å². The Morgan fingerprint density at radius 3 is 2.21 bits per heavy atom. The summed E-state index contributed by atoms with van der Waals surface area (Å²) in [6, 6.07) is -0.194. The number of hydrogen-bond donors (Lipinski definition) is 3. The summed E-state index contributed by atoms with van der Waals surface area (Å²) in [5.74, 6) is 0.218. The van der Waals surface area contributed by atoms with Gasteiger partial charge in [-0.25, -0.2) is 0 Å². The van der Waals surface area contributed by atoms with Gasteiger partial charge in [0.1, 0.15) is 0 Å². The molecule has 1 aliphatic heterocycles. The average molecular weight is 269 g/mol. The Morgan fingerprint density at radius 1 is 1.32 bits per heavy atom. The monoisotopic (exact) mass is 269 g/mol. The van der Waals surface area contributed by atoms with E-state index in [-0.39, 0.29) is 28.9 Å². The van der Waals surface area contributed by atoms with E-state index in [2.05, 4.69) is 45.3 Å². The Bertz CT molecular complexity index is 309. The van der Waals surface area contributed by atoms with E-state index >= 15 is 0 Å². The minimum atomic E-state index is -0.397. The van der Waals surface area contributed by atoms with Crippen molar-refractivity contribution in [1.29, 1.82) is 0 Å². The van der Waals surface area contributed by atoms with E-state index in [1.165, 1.54) is 0 Å². The third kappa shape index (κ3) is 4.77. The van der Waals surface area contributed by atoms with Crippen LogP contribution in [0.5, 0.6) is 0 Å². The van der Waals surface area contributed by atoms with E-state index in [1.54, 1.807) is 0 Å². The largest absolute Gasteiger partial charge is 0.352 e. The van der Waals surface area contributed by atoms with Crippen molar-refractivity contribution >= 4 is 5.91 Å². The first-order valence-electron chi connectivity index (χ1n) is 7.41. The highest BCUT2D eigenvalue weighted by Gasteiger charge is 2.38. The van der Waals surface area contributed by atoms with Crippen LogP contribution in [0.1, 0.15) is 60.8 Å². The molecule has 0 saturated carbocycles. The summed E-state index contributed by atoms with van der Waals surface area (Å²) in [5.41, 5.74) is 6.08. The second-order valence-corrected chi connectivity index (χ2v) is 7.42. The summed E-state index contributed by atoms with van der Waals surface area (Å²) >= 11 is 0. The second-order valence-electron chi connectivity index (χ2n) is 7.42. The first-order chi connectivity index (χ1) is 8.56. The van der Waals surface area contributed by atoms with Crippen LogP contribution in [-0.4, -0.2) is 29.1 Å². The number of carbonyl (C=O) groups excluding carboxylic acids is 1. The number of nitrogens with two attached hydrogens (primary N) is 1. The van der Waals surface area contributed by atoms with E-state index in [0.717, 1.165) is 19.3 Å². The molecule has 1 rings (SSSR count). The number of hydrogen-bond acceptors (Lipinski definition) is 3. The van der Waals surface area contributed by atoms with Gasteiger partial charge in [0, 0.05) is 17.1 Å². The zero-order valence-corrected chi connectivity index (χ0v) is 13.3. The lowest BCUT2D eigenvalue weighted by atomic mass is 9.79. The molecule has 1 amide bonds. The quantitative estimate of drug-likeness (QED) is 0.729. The standard InChI is InChI=1S/C15H31N3O/c1-7-10(2)12(16)13(19)17-11-8-14(3,4)18-15(5,6)9-11/h10-12,18H,7-9,16H2,1-6H3,(H,17,19)/t10?,12-/m0/s1. The zero-order chi connectivity index (χ0) is 14.8. The zero-order valence-electron chi connectivity index (χ0n) is 13.3. The van der Waals surface area contributed by atoms with Crippen LogP contribution >= 0.6 is 0 Å². The summed E-state index contributed by atoms with van der Waals surface area (Å²) in [6.45, 7) is 12.8. The van der Waals surface area contributed by atoms with Gasteiger partial charge in [0.2, 0.25) is 5.91 Å². The van der Waals surface area contributed by atoms with Crippen LogP contribution in [0.3, 0.4) is 0 Å². The molecule has 19 heavy (non-hydrogen) atoms. The van der Waals surface area contributed by atoms with Crippen molar-refractivity contribution in [1.82, 2.24) is 10.6 Å². The lowest BCUT2D eigenvalue weighted by molar-refractivity contribution is -0.124. The van der Waals surface area contributed by atoms with Crippen molar-refractivity contribution in [2.24, 2.45) is 11.7 Å². The van der Waals surface area contributed by atoms with Gasteiger partial charge in [-0.15, -0.1) is 0 Å². The molecular weight excluding hydrogens is 238 g/mol. The van der Waals surface area contributed by atoms with Crippen molar-refractivity contribution in [3.8, 4) is 0 Å². The van der Waals surface area contributed by atoms with Crippen molar-refractivity contribution in [3.05, 3.63) is 0 Å². The molecule has 0 radical (unpaired) electrons. The minimum absolute atomic E-state index is 0.00662. The Balaban J connectivity index is 2.64. The summed E-state index contributed by atoms with van der Waals surface area (Å²) in [4.78, 5) is 12.2. The molecule has 4 N–H and O–H groups in total. The third-order valence-electron chi connectivity index (χ3n) is 4.10. The van der Waals surface area contributed by atoms with E-state index in [1.807, 2.05) is 6.92 Å². The minimum Gasteiger partial charge on any atom is -0.352 e. The molecule has 1 fully saturated rings. The second kappa shape index (κ2) is 5.80. The van der Waals surface area contributed by atoms with Gasteiger partial charge in [-0.1, -0.05) is 20.3 Å². The van der Waals surface area contributed by atoms with Crippen molar-refractivity contribution < 1.29 is 4.79 Å². The van der Waals surface area contributed by atoms with Crippen LogP contribution in [0.25, 0.3) is 0 Å². The highest BCUT2D eigenvalue weighted by Crippen LogP contribution is 2.28. The fourth-order valence-corrected chi connectivity index (χ4v) is 3.23. The fraction of sp³-hybridized carbons (Fsp3) is 0.933. The first-order valence-corrected chi connectivity index (χ1v) is 7.41. The van der Waals surface area contributed by atoms with Crippen LogP contribution in [0.2, 0.25) is 0 Å². The van der Waals surface area contributed by atoms with E-state index in [9.17, 15) is 4.79 Å². The predicted molar refractivity (Wildman–Crippen MR) is 79.9 cm³/mol. The number of nitrogens with one attached hydrogen (secondary N) is 2. The average Bonchev–Trinajstić information content (AvgIpc) is 2.22. The Morgan fingerprint density at radius 2 is 1.79 bits per heavy atom. The van der Waals surface area contributed by atoms with Gasteiger partial charge in [0.25, 0.3) is 0 Å². The van der Waals surface area contributed by atoms with Crippen LogP contribution in [0.4, 0.5) is 0 Å². The van der Waals surface area contributed by atoms with E-state index < -0.39 is 6.04 Å². The molecule has 4 nitrogen and oxygen atoms in total. The molecule has 0 bridgehead atoms. The summed E-state index contributed by atoms with van der Waals surface area (Å²) < 4.78 is 0. The van der Waals surface area contributed by atoms with Gasteiger partial charge >= 0.3 is 0 Å². The predicted octanol–water partition coefficient (Wildman–Crippen LogP) is 1.79. The molecule has 0 aromatic heterocycles. The van der Waals surface area contributed by atoms with Crippen LogP contribution < -0.4 is 16.4 Å². The number of carbonyl (C=O) groups is 1. The van der Waals surface area contributed by atoms with Crippen LogP contribution in [0, 0.1) is 5.92 Å². The van der Waals surface area contributed by atoms with Gasteiger partial charge in [-0.2, -0.15) is 0 Å². The third-order valence-corrected chi connectivity index (χ3v) is 4.10. The molecule has 0 aliphatic carbocycles. The maximum absolute atomic E-state index is 12.2. The highest BCUT2D eigenvalue weighted by atomic mass is 16.2. The maximum atomic E-state index is 12.2. The van der Waals surface area contributed by atoms with Crippen molar-refractivity contribution in [2.75, 3.05) is 0 Å². The fourth-order valence-electron chi connectivity index (χ4n) is 3.23. The van der Waals surface area contributed by atoms with E-state index in [4.69, 9.17) is 5.73 Å². The number of piperidine rings is 1. The molecule has 1 unspecified atom stereocenters. The molecule has 0 aromatic rings. The normalized spacial score (nSPS) is 25.6. The van der Waals surface area contributed by atoms with Crippen molar-refractivity contribution in [2.45, 2.75) is 84.0 Å². The van der Waals surface area contributed by atoms with Crippen LogP contribution in [-0.2, 0) is 4.79 Å². The highest BCUT2D eigenvalue weighted by molar-refractivity contribution is 5.82. The Hall–Kier alpha value is -0.610. The van der Waals surface area contributed by atoms with Gasteiger partial charge < -0.3 is 16.4 Å². The molecular formula is C15H31N3O. The summed E-state index contributed by atoms with van der Waals surface area (Å²) in [7, 11) is 0. The Kier molecular flexibility index (Phi) is 5.02. The van der Waals surface area contributed by atoms with E-state index in [0.29, 0.717) is 0 Å². The lowest BCUT2D eigenvalue weighted by Crippen LogP contribution is -2.63. The smallest absolute Gasteiger partial charge is 0.237 e. The molecule has 0 aromatic carbocycles. The molecule has 1 heterocycles. The van der Waals surface area contributed by atoms with Gasteiger partial charge in [-0.05, 0) is 46.5 Å². The topological polar surface area (TPSA) is 67.2 Å². The van der Waals surface area contributed by atoms with Gasteiger partial charge in [0.15, 0.2) is 0 Å². The Labute approximate surface area is 117 Å². The molecule has 4 heteroatoms. The number of amides is 1. The summed E-state index contributed by atoms with van der Waals surface area (Å²) in [5, 5.41) is 6.76. The molecule has 1 saturated heterocycles. The van der Waals surface area contributed by atoms with Crippen molar-refractivity contribution in [3.63, 3.8) is 0 Å². The summed E-state index contributed by atoms with van der Waals surface area (Å²) in [6.07, 6.45) is 2.81. The molecule has 0 spiro atoms. The first kappa shape index (κ1) is 16.4. The number of rotatable bonds is 4. The van der Waals surface area contributed by atoms with Gasteiger partial charge in [0.05, 0.1) is 6.04 Å². The lowest BCUT2D eigenvalue weighted by Gasteiger charge is -2.46. The van der Waals surface area contributed by atoms with Gasteiger partial charge in [-0.3, -0.25) is 4.79 Å². The molecule has 1 aliphatic rings. The SMILES string of the molecule is CCC(C)[C@H](N)C(=O)NC1CC(C)(C)NC(C)(C)C1. The molecule has 112 valence electrons.